The zero-order valence-corrected chi connectivity index (χ0v) is 10.1. The van der Waals surface area contributed by atoms with Gasteiger partial charge in [0.05, 0.1) is 5.54 Å². The van der Waals surface area contributed by atoms with Crippen LogP contribution in [0.2, 0.25) is 0 Å². The van der Waals surface area contributed by atoms with E-state index in [9.17, 15) is 9.18 Å². The molecule has 1 aliphatic rings. The van der Waals surface area contributed by atoms with E-state index >= 15 is 0 Å². The second kappa shape index (κ2) is 4.94. The highest BCUT2D eigenvalue weighted by molar-refractivity contribution is 5.95. The number of benzene rings is 1. The molecule has 1 fully saturated rings. The number of carbonyl (C=O) groups excluding carboxylic acids is 1. The van der Waals surface area contributed by atoms with Gasteiger partial charge in [0.2, 0.25) is 0 Å². The number of primary amides is 1. The Balaban J connectivity index is 2.14. The molecule has 5 heteroatoms. The van der Waals surface area contributed by atoms with Gasteiger partial charge in [-0.15, -0.1) is 0 Å². The summed E-state index contributed by atoms with van der Waals surface area (Å²) in [6, 6.07) is 4.19. The van der Waals surface area contributed by atoms with Gasteiger partial charge in [0.25, 0.3) is 5.91 Å². The van der Waals surface area contributed by atoms with Gasteiger partial charge < -0.3 is 16.2 Å². The van der Waals surface area contributed by atoms with Crippen LogP contribution in [0.25, 0.3) is 0 Å². The van der Waals surface area contributed by atoms with Crippen LogP contribution in [-0.2, 0) is 0 Å². The number of hydrogen-bond acceptors (Lipinski definition) is 3. The van der Waals surface area contributed by atoms with Gasteiger partial charge in [-0.1, -0.05) is 18.9 Å². The lowest BCUT2D eigenvalue weighted by atomic mass is 10.0. The number of ether oxygens (including phenoxy) is 1. The molecule has 1 aromatic carbocycles. The smallest absolute Gasteiger partial charge is 0.255 e. The molecular weight excluding hydrogens is 235 g/mol. The van der Waals surface area contributed by atoms with Gasteiger partial charge in [-0.3, -0.25) is 4.79 Å². The Labute approximate surface area is 105 Å². The summed E-state index contributed by atoms with van der Waals surface area (Å²) in [7, 11) is 0. The predicted octanol–water partition coefficient (Wildman–Crippen LogP) is 1.57. The highest BCUT2D eigenvalue weighted by Crippen LogP contribution is 2.29. The van der Waals surface area contributed by atoms with Crippen LogP contribution >= 0.6 is 0 Å². The Morgan fingerprint density at radius 3 is 2.67 bits per heavy atom. The first-order valence-corrected chi connectivity index (χ1v) is 6.02. The highest BCUT2D eigenvalue weighted by Gasteiger charge is 2.30. The van der Waals surface area contributed by atoms with E-state index in [2.05, 4.69) is 0 Å². The van der Waals surface area contributed by atoms with Gasteiger partial charge in [0.15, 0.2) is 0 Å². The molecule has 1 saturated carbocycles. The zero-order chi connectivity index (χ0) is 13.2. The van der Waals surface area contributed by atoms with E-state index in [0.717, 1.165) is 25.7 Å². The summed E-state index contributed by atoms with van der Waals surface area (Å²) in [6.07, 6.45) is 3.92. The first-order valence-electron chi connectivity index (χ1n) is 6.02. The molecule has 0 spiro atoms. The molecule has 4 N–H and O–H groups in total. The second-order valence-corrected chi connectivity index (χ2v) is 4.84. The van der Waals surface area contributed by atoms with Crippen molar-refractivity contribution in [2.75, 3.05) is 6.61 Å². The van der Waals surface area contributed by atoms with Crippen molar-refractivity contribution < 1.29 is 13.9 Å². The molecule has 2 rings (SSSR count). The lowest BCUT2D eigenvalue weighted by molar-refractivity contribution is 0.0990. The van der Waals surface area contributed by atoms with Gasteiger partial charge in [0, 0.05) is 0 Å². The molecular formula is C13H17FN2O2. The normalized spacial score (nSPS) is 17.7. The minimum Gasteiger partial charge on any atom is -0.491 e. The first-order chi connectivity index (χ1) is 8.52. The number of carbonyl (C=O) groups is 1. The summed E-state index contributed by atoms with van der Waals surface area (Å²) in [6.45, 7) is 0.275. The monoisotopic (exact) mass is 252 g/mol. The molecule has 0 bridgehead atoms. The fourth-order valence-electron chi connectivity index (χ4n) is 2.31. The predicted molar refractivity (Wildman–Crippen MR) is 65.8 cm³/mol. The minimum atomic E-state index is -0.833. The van der Waals surface area contributed by atoms with Gasteiger partial charge >= 0.3 is 0 Å². The number of halogens is 1. The maximum Gasteiger partial charge on any atom is 0.255 e. The van der Waals surface area contributed by atoms with Crippen molar-refractivity contribution in [1.82, 2.24) is 0 Å². The van der Waals surface area contributed by atoms with Crippen LogP contribution in [0.4, 0.5) is 4.39 Å². The van der Waals surface area contributed by atoms with Crippen LogP contribution in [-0.4, -0.2) is 18.1 Å². The molecule has 0 unspecified atom stereocenters. The topological polar surface area (TPSA) is 78.3 Å². The van der Waals surface area contributed by atoms with E-state index < -0.39 is 11.7 Å². The third kappa shape index (κ3) is 2.61. The van der Waals surface area contributed by atoms with Crippen LogP contribution in [0, 0.1) is 5.82 Å². The molecule has 98 valence electrons. The average molecular weight is 252 g/mol. The van der Waals surface area contributed by atoms with E-state index in [4.69, 9.17) is 16.2 Å². The summed E-state index contributed by atoms with van der Waals surface area (Å²) in [4.78, 5) is 11.2. The Bertz CT molecular complexity index is 456. The van der Waals surface area contributed by atoms with Crippen molar-refractivity contribution in [1.29, 1.82) is 0 Å². The van der Waals surface area contributed by atoms with Crippen molar-refractivity contribution in [3.63, 3.8) is 0 Å². The Kier molecular flexibility index (Phi) is 3.52. The standard InChI is InChI=1S/C13H17FN2O2/c14-9-4-3-5-10(11(9)12(15)17)18-8-13(16)6-1-2-7-13/h3-5H,1-2,6-8,16H2,(H2,15,17). The van der Waals surface area contributed by atoms with Gasteiger partial charge in [0.1, 0.15) is 23.7 Å². The van der Waals surface area contributed by atoms with Crippen molar-refractivity contribution in [2.45, 2.75) is 31.2 Å². The number of amides is 1. The summed E-state index contributed by atoms with van der Waals surface area (Å²) in [5, 5.41) is 0. The molecule has 0 saturated heterocycles. The second-order valence-electron chi connectivity index (χ2n) is 4.84. The molecule has 0 heterocycles. The van der Waals surface area contributed by atoms with Crippen molar-refractivity contribution in [3.05, 3.63) is 29.6 Å². The molecule has 0 atom stereocenters. The molecule has 4 nitrogen and oxygen atoms in total. The van der Waals surface area contributed by atoms with Crippen LogP contribution in [0.3, 0.4) is 0 Å². The fraction of sp³-hybridized carbons (Fsp3) is 0.462. The van der Waals surface area contributed by atoms with Crippen LogP contribution < -0.4 is 16.2 Å². The minimum absolute atomic E-state index is 0.166. The molecule has 0 aromatic heterocycles. The number of hydrogen-bond donors (Lipinski definition) is 2. The third-order valence-electron chi connectivity index (χ3n) is 3.34. The van der Waals surface area contributed by atoms with Gasteiger partial charge in [-0.2, -0.15) is 0 Å². The number of rotatable bonds is 4. The molecule has 1 aromatic rings. The maximum atomic E-state index is 13.5. The summed E-state index contributed by atoms with van der Waals surface area (Å²) in [5.74, 6) is -1.34. The summed E-state index contributed by atoms with van der Waals surface area (Å²) >= 11 is 0. The zero-order valence-electron chi connectivity index (χ0n) is 10.1. The fourth-order valence-corrected chi connectivity index (χ4v) is 2.31. The van der Waals surface area contributed by atoms with Crippen LogP contribution in [0.15, 0.2) is 18.2 Å². The van der Waals surface area contributed by atoms with Crippen molar-refractivity contribution in [3.8, 4) is 5.75 Å². The van der Waals surface area contributed by atoms with E-state index in [1.54, 1.807) is 0 Å². The summed E-state index contributed by atoms with van der Waals surface area (Å²) < 4.78 is 19.0. The number of nitrogens with two attached hydrogens (primary N) is 2. The Morgan fingerprint density at radius 2 is 2.06 bits per heavy atom. The highest BCUT2D eigenvalue weighted by atomic mass is 19.1. The average Bonchev–Trinajstić information content (AvgIpc) is 2.73. The molecule has 1 amide bonds. The van der Waals surface area contributed by atoms with Crippen LogP contribution in [0.1, 0.15) is 36.0 Å². The van der Waals surface area contributed by atoms with E-state index in [0.29, 0.717) is 0 Å². The lowest BCUT2D eigenvalue weighted by Crippen LogP contribution is -2.42. The summed E-state index contributed by atoms with van der Waals surface area (Å²) in [5.41, 5.74) is 10.7. The first kappa shape index (κ1) is 12.8. The van der Waals surface area contributed by atoms with Gasteiger partial charge in [-0.05, 0) is 25.0 Å². The molecule has 0 radical (unpaired) electrons. The van der Waals surface area contributed by atoms with Crippen molar-refractivity contribution >= 4 is 5.91 Å². The quantitative estimate of drug-likeness (QED) is 0.853. The molecule has 1 aliphatic carbocycles. The van der Waals surface area contributed by atoms with Gasteiger partial charge in [-0.25, -0.2) is 4.39 Å². The maximum absolute atomic E-state index is 13.5. The van der Waals surface area contributed by atoms with E-state index in [1.165, 1.54) is 18.2 Å². The Morgan fingerprint density at radius 1 is 1.39 bits per heavy atom. The van der Waals surface area contributed by atoms with Crippen LogP contribution in [0.5, 0.6) is 5.75 Å². The van der Waals surface area contributed by atoms with E-state index in [1.807, 2.05) is 0 Å². The Hall–Kier alpha value is -1.62. The molecule has 18 heavy (non-hydrogen) atoms. The lowest BCUT2D eigenvalue weighted by Gasteiger charge is -2.24. The van der Waals surface area contributed by atoms with E-state index in [-0.39, 0.29) is 23.5 Å². The van der Waals surface area contributed by atoms with Crippen molar-refractivity contribution in [2.24, 2.45) is 11.5 Å². The SMILES string of the molecule is NC(=O)c1c(F)cccc1OCC1(N)CCCC1. The molecule has 0 aliphatic heterocycles. The third-order valence-corrected chi connectivity index (χ3v) is 3.34. The largest absolute Gasteiger partial charge is 0.491 e.